The van der Waals surface area contributed by atoms with Gasteiger partial charge in [-0.2, -0.15) is 0 Å². The lowest BCUT2D eigenvalue weighted by Crippen LogP contribution is -2.22. The lowest BCUT2D eigenvalue weighted by molar-refractivity contribution is 0.460. The summed E-state index contributed by atoms with van der Waals surface area (Å²) in [6.07, 6.45) is 0. The van der Waals surface area contributed by atoms with Gasteiger partial charge < -0.3 is 10.1 Å². The van der Waals surface area contributed by atoms with Crippen LogP contribution in [0.5, 0.6) is 11.6 Å². The Morgan fingerprint density at radius 1 is 1.11 bits per heavy atom. The first-order chi connectivity index (χ1) is 9.15. The first-order valence-electron chi connectivity index (χ1n) is 6.58. The molecule has 1 N–H and O–H groups in total. The molecule has 100 valence electrons. The summed E-state index contributed by atoms with van der Waals surface area (Å²) in [5, 5.41) is 3.39. The monoisotopic (exact) mass is 256 g/mol. The average molecular weight is 256 g/mol. The van der Waals surface area contributed by atoms with Crippen molar-refractivity contribution in [3.05, 3.63) is 53.7 Å². The molecule has 0 saturated heterocycles. The van der Waals surface area contributed by atoms with Gasteiger partial charge in [-0.05, 0) is 24.6 Å². The first-order valence-corrected chi connectivity index (χ1v) is 6.58. The second-order valence-corrected chi connectivity index (χ2v) is 4.84. The lowest BCUT2D eigenvalue weighted by Gasteiger charge is -2.11. The zero-order valence-electron chi connectivity index (χ0n) is 11.7. The minimum absolute atomic E-state index is 0.472. The number of aromatic nitrogens is 1. The van der Waals surface area contributed by atoms with Crippen LogP contribution in [0.4, 0.5) is 0 Å². The third-order valence-electron chi connectivity index (χ3n) is 2.84. The fourth-order valence-corrected chi connectivity index (χ4v) is 1.73. The van der Waals surface area contributed by atoms with E-state index >= 15 is 0 Å². The molecule has 0 bridgehead atoms. The first kappa shape index (κ1) is 13.6. The number of aryl methyl sites for hydroxylation is 1. The van der Waals surface area contributed by atoms with Crippen molar-refractivity contribution in [3.8, 4) is 11.6 Å². The van der Waals surface area contributed by atoms with Crippen LogP contribution >= 0.6 is 0 Å². The van der Waals surface area contributed by atoms with E-state index in [1.807, 2.05) is 43.3 Å². The van der Waals surface area contributed by atoms with Gasteiger partial charge in [0.25, 0.3) is 0 Å². The molecule has 0 radical (unpaired) electrons. The Morgan fingerprint density at radius 3 is 2.47 bits per heavy atom. The minimum atomic E-state index is 0.472. The number of nitrogens with one attached hydrogen (secondary N) is 1. The standard InChI is InChI=1S/C16H20N2O/c1-12(2)17-11-14-9-10-16(18-13(14)3)19-15-7-5-4-6-8-15/h4-10,12,17H,11H2,1-3H3. The smallest absolute Gasteiger partial charge is 0.219 e. The largest absolute Gasteiger partial charge is 0.439 e. The SMILES string of the molecule is Cc1nc(Oc2ccccc2)ccc1CNC(C)C. The lowest BCUT2D eigenvalue weighted by atomic mass is 10.2. The summed E-state index contributed by atoms with van der Waals surface area (Å²) in [5.74, 6) is 1.44. The molecule has 1 aromatic carbocycles. The molecular formula is C16H20N2O. The van der Waals surface area contributed by atoms with Crippen molar-refractivity contribution in [2.45, 2.75) is 33.4 Å². The van der Waals surface area contributed by atoms with Gasteiger partial charge in [-0.25, -0.2) is 4.98 Å². The van der Waals surface area contributed by atoms with Crippen molar-refractivity contribution in [2.24, 2.45) is 0 Å². The normalized spacial score (nSPS) is 10.7. The van der Waals surface area contributed by atoms with Crippen LogP contribution in [0.25, 0.3) is 0 Å². The van der Waals surface area contributed by atoms with E-state index in [4.69, 9.17) is 4.74 Å². The molecule has 0 aliphatic heterocycles. The molecule has 19 heavy (non-hydrogen) atoms. The van der Waals surface area contributed by atoms with Gasteiger partial charge in [0.05, 0.1) is 0 Å². The molecule has 2 rings (SSSR count). The van der Waals surface area contributed by atoms with Crippen LogP contribution in [0.2, 0.25) is 0 Å². The van der Waals surface area contributed by atoms with Gasteiger partial charge in [0.1, 0.15) is 5.75 Å². The van der Waals surface area contributed by atoms with Crippen LogP contribution in [0.15, 0.2) is 42.5 Å². The molecular weight excluding hydrogens is 236 g/mol. The Balaban J connectivity index is 2.06. The summed E-state index contributed by atoms with van der Waals surface area (Å²) in [5.41, 5.74) is 2.20. The number of rotatable bonds is 5. The van der Waals surface area contributed by atoms with E-state index in [2.05, 4.69) is 30.2 Å². The van der Waals surface area contributed by atoms with E-state index in [0.717, 1.165) is 18.0 Å². The number of hydrogen-bond donors (Lipinski definition) is 1. The maximum atomic E-state index is 5.71. The summed E-state index contributed by atoms with van der Waals surface area (Å²) in [6.45, 7) is 7.11. The van der Waals surface area contributed by atoms with Crippen LogP contribution in [0.1, 0.15) is 25.1 Å². The Labute approximate surface area is 114 Å². The Morgan fingerprint density at radius 2 is 1.84 bits per heavy atom. The number of hydrogen-bond acceptors (Lipinski definition) is 3. The molecule has 0 spiro atoms. The predicted molar refractivity (Wildman–Crippen MR) is 77.5 cm³/mol. The van der Waals surface area contributed by atoms with Crippen LogP contribution < -0.4 is 10.1 Å². The molecule has 0 unspecified atom stereocenters. The minimum Gasteiger partial charge on any atom is -0.439 e. The third kappa shape index (κ3) is 4.07. The van der Waals surface area contributed by atoms with E-state index in [0.29, 0.717) is 11.9 Å². The predicted octanol–water partition coefficient (Wildman–Crippen LogP) is 3.68. The molecule has 0 fully saturated rings. The Bertz CT molecular complexity index is 524. The van der Waals surface area contributed by atoms with E-state index in [1.165, 1.54) is 5.56 Å². The van der Waals surface area contributed by atoms with Crippen molar-refractivity contribution < 1.29 is 4.74 Å². The fraction of sp³-hybridized carbons (Fsp3) is 0.312. The zero-order chi connectivity index (χ0) is 13.7. The highest BCUT2D eigenvalue weighted by Gasteiger charge is 2.04. The molecule has 1 heterocycles. The fourth-order valence-electron chi connectivity index (χ4n) is 1.73. The summed E-state index contributed by atoms with van der Waals surface area (Å²) in [4.78, 5) is 4.48. The van der Waals surface area contributed by atoms with Gasteiger partial charge in [0, 0.05) is 24.3 Å². The van der Waals surface area contributed by atoms with Crippen LogP contribution in [-0.2, 0) is 6.54 Å². The van der Waals surface area contributed by atoms with E-state index in [9.17, 15) is 0 Å². The third-order valence-corrected chi connectivity index (χ3v) is 2.84. The van der Waals surface area contributed by atoms with E-state index in [1.54, 1.807) is 0 Å². The molecule has 0 aliphatic carbocycles. The second-order valence-electron chi connectivity index (χ2n) is 4.84. The highest BCUT2D eigenvalue weighted by Crippen LogP contribution is 2.20. The van der Waals surface area contributed by atoms with Gasteiger partial charge in [-0.1, -0.05) is 38.1 Å². The van der Waals surface area contributed by atoms with Gasteiger partial charge >= 0.3 is 0 Å². The molecule has 0 aliphatic rings. The number of para-hydroxylation sites is 1. The summed E-state index contributed by atoms with van der Waals surface area (Å²) < 4.78 is 5.71. The molecule has 2 aromatic rings. The number of ether oxygens (including phenoxy) is 1. The van der Waals surface area contributed by atoms with Crippen molar-refractivity contribution in [2.75, 3.05) is 0 Å². The van der Waals surface area contributed by atoms with Gasteiger partial charge in [-0.3, -0.25) is 0 Å². The van der Waals surface area contributed by atoms with Crippen molar-refractivity contribution in [1.29, 1.82) is 0 Å². The Hall–Kier alpha value is -1.87. The topological polar surface area (TPSA) is 34.1 Å². The molecule has 1 aromatic heterocycles. The quantitative estimate of drug-likeness (QED) is 0.886. The maximum Gasteiger partial charge on any atom is 0.219 e. The Kier molecular flexibility index (Phi) is 4.53. The van der Waals surface area contributed by atoms with Crippen LogP contribution in [0, 0.1) is 6.92 Å². The van der Waals surface area contributed by atoms with Gasteiger partial charge in [0.2, 0.25) is 5.88 Å². The number of pyridine rings is 1. The van der Waals surface area contributed by atoms with Crippen molar-refractivity contribution in [1.82, 2.24) is 10.3 Å². The van der Waals surface area contributed by atoms with E-state index in [-0.39, 0.29) is 0 Å². The van der Waals surface area contributed by atoms with Crippen molar-refractivity contribution >= 4 is 0 Å². The highest BCUT2D eigenvalue weighted by molar-refractivity contribution is 5.30. The second kappa shape index (κ2) is 6.34. The summed E-state index contributed by atoms with van der Waals surface area (Å²) in [7, 11) is 0. The highest BCUT2D eigenvalue weighted by atomic mass is 16.5. The summed E-state index contributed by atoms with van der Waals surface area (Å²) >= 11 is 0. The van der Waals surface area contributed by atoms with Crippen molar-refractivity contribution in [3.63, 3.8) is 0 Å². The molecule has 0 atom stereocenters. The zero-order valence-corrected chi connectivity index (χ0v) is 11.7. The molecule has 3 nitrogen and oxygen atoms in total. The molecule has 3 heteroatoms. The number of nitrogens with zero attached hydrogens (tertiary/aromatic N) is 1. The molecule has 0 saturated carbocycles. The van der Waals surface area contributed by atoms with E-state index < -0.39 is 0 Å². The van der Waals surface area contributed by atoms with Crippen LogP contribution in [-0.4, -0.2) is 11.0 Å². The van der Waals surface area contributed by atoms with Gasteiger partial charge in [-0.15, -0.1) is 0 Å². The average Bonchev–Trinajstić information content (AvgIpc) is 2.39. The maximum absolute atomic E-state index is 5.71. The van der Waals surface area contributed by atoms with Gasteiger partial charge in [0.15, 0.2) is 0 Å². The van der Waals surface area contributed by atoms with Crippen LogP contribution in [0.3, 0.4) is 0 Å². The molecule has 0 amide bonds. The summed E-state index contributed by atoms with van der Waals surface area (Å²) in [6, 6.07) is 14.2. The number of benzene rings is 1.